The molecule has 5 rings (SSSR count). The van der Waals surface area contributed by atoms with Gasteiger partial charge in [-0.2, -0.15) is 0 Å². The van der Waals surface area contributed by atoms with Crippen LogP contribution >= 0.6 is 0 Å². The molecule has 9 heteroatoms. The van der Waals surface area contributed by atoms with Crippen LogP contribution in [0.15, 0.2) is 76.6 Å². The Kier molecular flexibility index (Phi) is 6.99. The number of oxazole rings is 1. The standard InChI is InChI=1S/C26H29N3O5S/c30-26(29-14-15-33-17-25(29)20-4-2-1-3-5-20)21-6-10-22(11-7-21)28-35(31,32)23-12-8-19(9-13-23)24-16-34-18-27-24/h1-5,8-9,12-13,16,18,21-22,25,28H,6-7,10-11,14-15,17H2/t21?,22?,25-/m1/s1. The second-order valence-corrected chi connectivity index (χ2v) is 10.8. The number of benzene rings is 2. The van der Waals surface area contributed by atoms with E-state index < -0.39 is 10.0 Å². The minimum atomic E-state index is -3.65. The van der Waals surface area contributed by atoms with E-state index in [0.29, 0.717) is 51.1 Å². The lowest BCUT2D eigenvalue weighted by molar-refractivity contribution is -0.145. The highest BCUT2D eigenvalue weighted by Crippen LogP contribution is 2.32. The van der Waals surface area contributed by atoms with Crippen molar-refractivity contribution in [2.45, 2.75) is 42.7 Å². The van der Waals surface area contributed by atoms with Crippen molar-refractivity contribution in [2.24, 2.45) is 5.92 Å². The van der Waals surface area contributed by atoms with E-state index in [0.717, 1.165) is 11.1 Å². The van der Waals surface area contributed by atoms with Crippen LogP contribution in [0.1, 0.15) is 37.3 Å². The molecule has 35 heavy (non-hydrogen) atoms. The second kappa shape index (κ2) is 10.3. The Hall–Kier alpha value is -3.01. The number of carbonyl (C=O) groups excluding carboxylic acids is 1. The highest BCUT2D eigenvalue weighted by molar-refractivity contribution is 7.89. The third-order valence-electron chi connectivity index (χ3n) is 6.89. The Balaban J connectivity index is 1.19. The smallest absolute Gasteiger partial charge is 0.240 e. The Morgan fingerprint density at radius 3 is 2.43 bits per heavy atom. The van der Waals surface area contributed by atoms with E-state index in [4.69, 9.17) is 9.15 Å². The molecule has 0 unspecified atom stereocenters. The summed E-state index contributed by atoms with van der Waals surface area (Å²) in [6.45, 7) is 1.62. The normalized spacial score (nSPS) is 23.2. The Morgan fingerprint density at radius 1 is 1.00 bits per heavy atom. The van der Waals surface area contributed by atoms with Crippen molar-refractivity contribution in [3.63, 3.8) is 0 Å². The summed E-state index contributed by atoms with van der Waals surface area (Å²) in [5, 5.41) is 0. The van der Waals surface area contributed by atoms with Gasteiger partial charge in [-0.25, -0.2) is 18.1 Å². The van der Waals surface area contributed by atoms with Crippen LogP contribution in [-0.2, 0) is 19.6 Å². The van der Waals surface area contributed by atoms with Crippen LogP contribution in [0.3, 0.4) is 0 Å². The third kappa shape index (κ3) is 5.32. The van der Waals surface area contributed by atoms with Gasteiger partial charge in [0.25, 0.3) is 0 Å². The van der Waals surface area contributed by atoms with Gasteiger partial charge >= 0.3 is 0 Å². The van der Waals surface area contributed by atoms with Gasteiger partial charge in [-0.15, -0.1) is 0 Å². The fourth-order valence-corrected chi connectivity index (χ4v) is 6.26. The molecule has 2 fully saturated rings. The molecule has 1 aromatic heterocycles. The first-order valence-corrected chi connectivity index (χ1v) is 13.4. The van der Waals surface area contributed by atoms with Gasteiger partial charge in [0.05, 0.1) is 24.2 Å². The van der Waals surface area contributed by atoms with Crippen molar-refractivity contribution in [3.05, 3.63) is 72.8 Å². The number of aromatic nitrogens is 1. The molecule has 3 aromatic rings. The van der Waals surface area contributed by atoms with Crippen molar-refractivity contribution < 1.29 is 22.4 Å². The molecular formula is C26H29N3O5S. The zero-order valence-electron chi connectivity index (χ0n) is 19.4. The summed E-state index contributed by atoms with van der Waals surface area (Å²) in [5.74, 6) is 0.0497. The monoisotopic (exact) mass is 495 g/mol. The highest BCUT2D eigenvalue weighted by atomic mass is 32.2. The summed E-state index contributed by atoms with van der Waals surface area (Å²) in [4.78, 5) is 19.6. The molecule has 184 valence electrons. The van der Waals surface area contributed by atoms with Crippen LogP contribution < -0.4 is 4.72 Å². The Morgan fingerprint density at radius 2 is 1.74 bits per heavy atom. The van der Waals surface area contributed by atoms with Crippen LogP contribution in [0, 0.1) is 5.92 Å². The number of nitrogens with one attached hydrogen (secondary N) is 1. The van der Waals surface area contributed by atoms with Crippen molar-refractivity contribution in [3.8, 4) is 11.3 Å². The van der Waals surface area contributed by atoms with Crippen LogP contribution in [0.4, 0.5) is 0 Å². The van der Waals surface area contributed by atoms with Crippen molar-refractivity contribution in [1.29, 1.82) is 0 Å². The number of hydrogen-bond donors (Lipinski definition) is 1. The molecule has 0 bridgehead atoms. The number of morpholine rings is 1. The van der Waals surface area contributed by atoms with Gasteiger partial charge in [0.1, 0.15) is 12.0 Å². The summed E-state index contributed by atoms with van der Waals surface area (Å²) < 4.78 is 39.3. The Bertz CT molecular complexity index is 1220. The quantitative estimate of drug-likeness (QED) is 0.559. The number of amides is 1. The maximum atomic E-state index is 13.4. The average Bonchev–Trinajstić information content (AvgIpc) is 3.44. The highest BCUT2D eigenvalue weighted by Gasteiger charge is 2.35. The molecule has 8 nitrogen and oxygen atoms in total. The van der Waals surface area contributed by atoms with Gasteiger partial charge < -0.3 is 14.1 Å². The zero-order valence-corrected chi connectivity index (χ0v) is 20.2. The first kappa shape index (κ1) is 23.7. The number of carbonyl (C=O) groups is 1. The van der Waals surface area contributed by atoms with E-state index in [1.165, 1.54) is 12.7 Å². The maximum Gasteiger partial charge on any atom is 0.240 e. The SMILES string of the molecule is O=C(C1CCC(NS(=O)(=O)c2ccc(-c3cocn3)cc2)CC1)N1CCOC[C@@H]1c1ccccc1. The van der Waals surface area contributed by atoms with Crippen molar-refractivity contribution in [1.82, 2.24) is 14.6 Å². The van der Waals surface area contributed by atoms with Crippen LogP contribution in [0.2, 0.25) is 0 Å². The molecule has 2 heterocycles. The molecule has 1 N–H and O–H groups in total. The molecule has 1 saturated carbocycles. The number of nitrogens with zero attached hydrogens (tertiary/aromatic N) is 2. The number of ether oxygens (including phenoxy) is 1. The van der Waals surface area contributed by atoms with Gasteiger partial charge in [0, 0.05) is 24.1 Å². The topological polar surface area (TPSA) is 102 Å². The molecular weight excluding hydrogens is 466 g/mol. The lowest BCUT2D eigenvalue weighted by Gasteiger charge is -2.39. The Labute approximate surface area is 205 Å². The molecule has 1 amide bonds. The van der Waals surface area contributed by atoms with Gasteiger partial charge in [0.15, 0.2) is 6.39 Å². The fraction of sp³-hybridized carbons (Fsp3) is 0.385. The summed E-state index contributed by atoms with van der Waals surface area (Å²) in [6, 6.07) is 16.3. The molecule has 2 aromatic carbocycles. The van der Waals surface area contributed by atoms with Crippen molar-refractivity contribution in [2.75, 3.05) is 19.8 Å². The van der Waals surface area contributed by atoms with E-state index in [-0.39, 0.29) is 28.8 Å². The van der Waals surface area contributed by atoms with Gasteiger partial charge in [-0.1, -0.05) is 42.5 Å². The predicted molar refractivity (Wildman–Crippen MR) is 130 cm³/mol. The largest absolute Gasteiger partial charge is 0.451 e. The minimum absolute atomic E-state index is 0.0751. The summed E-state index contributed by atoms with van der Waals surface area (Å²) in [5.41, 5.74) is 2.52. The molecule has 0 radical (unpaired) electrons. The average molecular weight is 496 g/mol. The van der Waals surface area contributed by atoms with E-state index in [2.05, 4.69) is 9.71 Å². The first-order valence-electron chi connectivity index (χ1n) is 12.0. The van der Waals surface area contributed by atoms with Gasteiger partial charge in [-0.3, -0.25) is 4.79 Å². The van der Waals surface area contributed by atoms with E-state index in [9.17, 15) is 13.2 Å². The predicted octanol–water partition coefficient (Wildman–Crippen LogP) is 3.78. The van der Waals surface area contributed by atoms with Crippen LogP contribution in [-0.4, -0.2) is 50.0 Å². The van der Waals surface area contributed by atoms with Crippen LogP contribution in [0.25, 0.3) is 11.3 Å². The lowest BCUT2D eigenvalue weighted by Crippen LogP contribution is -2.47. The first-order chi connectivity index (χ1) is 17.0. The minimum Gasteiger partial charge on any atom is -0.451 e. The van der Waals surface area contributed by atoms with E-state index >= 15 is 0 Å². The maximum absolute atomic E-state index is 13.4. The summed E-state index contributed by atoms with van der Waals surface area (Å²) >= 11 is 0. The van der Waals surface area contributed by atoms with Gasteiger partial charge in [-0.05, 0) is 43.4 Å². The molecule has 1 aliphatic carbocycles. The lowest BCUT2D eigenvalue weighted by atomic mass is 9.85. The molecule has 2 aliphatic rings. The molecule has 1 aliphatic heterocycles. The summed E-state index contributed by atoms with van der Waals surface area (Å²) in [7, 11) is -3.65. The number of hydrogen-bond acceptors (Lipinski definition) is 6. The van der Waals surface area contributed by atoms with Crippen molar-refractivity contribution >= 4 is 15.9 Å². The number of rotatable bonds is 6. The van der Waals surface area contributed by atoms with Crippen LogP contribution in [0.5, 0.6) is 0 Å². The van der Waals surface area contributed by atoms with Gasteiger partial charge in [0.2, 0.25) is 15.9 Å². The molecule has 1 atom stereocenters. The van der Waals surface area contributed by atoms with E-state index in [1.807, 2.05) is 35.2 Å². The fourth-order valence-electron chi connectivity index (χ4n) is 4.96. The third-order valence-corrected chi connectivity index (χ3v) is 8.42. The number of sulfonamides is 1. The summed E-state index contributed by atoms with van der Waals surface area (Å²) in [6.07, 6.45) is 5.44. The zero-order chi connectivity index (χ0) is 24.3. The molecule has 1 saturated heterocycles. The molecule has 0 spiro atoms. The van der Waals surface area contributed by atoms with E-state index in [1.54, 1.807) is 24.3 Å². The second-order valence-electron chi connectivity index (χ2n) is 9.10.